The average Bonchev–Trinajstić information content (AvgIpc) is 2.85. The van der Waals surface area contributed by atoms with Crippen molar-refractivity contribution < 1.29 is 23.8 Å². The van der Waals surface area contributed by atoms with Gasteiger partial charge in [0.1, 0.15) is 17.2 Å². The summed E-state index contributed by atoms with van der Waals surface area (Å²) in [6, 6.07) is 18.5. The quantitative estimate of drug-likeness (QED) is 0.102. The van der Waals surface area contributed by atoms with Crippen LogP contribution >= 0.6 is 27.5 Å². The smallest absolute Gasteiger partial charge is 0.343 e. The van der Waals surface area contributed by atoms with E-state index in [0.29, 0.717) is 28.5 Å². The van der Waals surface area contributed by atoms with Crippen LogP contribution in [0.25, 0.3) is 0 Å². The molecule has 35 heavy (non-hydrogen) atoms. The van der Waals surface area contributed by atoms with Gasteiger partial charge in [-0.2, -0.15) is 5.10 Å². The zero-order chi connectivity index (χ0) is 25.0. The Morgan fingerprint density at radius 1 is 1.00 bits per heavy atom. The second-order valence-electron chi connectivity index (χ2n) is 7.33. The number of nitrogens with one attached hydrogen (secondary N) is 1. The number of benzene rings is 3. The Balaban J connectivity index is 1.53. The molecule has 3 rings (SSSR count). The second kappa shape index (κ2) is 13.5. The van der Waals surface area contributed by atoms with E-state index >= 15 is 0 Å². The highest BCUT2D eigenvalue weighted by Gasteiger charge is 2.12. The number of hydrogen-bond donors (Lipinski definition) is 1. The normalized spacial score (nSPS) is 10.7. The highest BCUT2D eigenvalue weighted by Crippen LogP contribution is 2.23. The molecule has 0 aliphatic carbocycles. The minimum absolute atomic E-state index is 0.218. The molecule has 0 radical (unpaired) electrons. The van der Waals surface area contributed by atoms with Crippen molar-refractivity contribution in [3.05, 3.63) is 87.4 Å². The predicted molar refractivity (Wildman–Crippen MR) is 139 cm³/mol. The van der Waals surface area contributed by atoms with E-state index in [1.807, 2.05) is 0 Å². The molecule has 0 unspecified atom stereocenters. The molecule has 182 valence electrons. The van der Waals surface area contributed by atoms with Crippen LogP contribution in [0.3, 0.4) is 0 Å². The Hall–Kier alpha value is -3.36. The average molecular weight is 560 g/mol. The van der Waals surface area contributed by atoms with Crippen molar-refractivity contribution in [2.75, 3.05) is 13.2 Å². The van der Waals surface area contributed by atoms with Gasteiger partial charge in [0, 0.05) is 15.1 Å². The summed E-state index contributed by atoms with van der Waals surface area (Å²) >= 11 is 9.24. The molecule has 0 aromatic heterocycles. The van der Waals surface area contributed by atoms with Crippen LogP contribution in [0.5, 0.6) is 17.2 Å². The van der Waals surface area contributed by atoms with Gasteiger partial charge in [-0.3, -0.25) is 4.79 Å². The molecule has 9 heteroatoms. The van der Waals surface area contributed by atoms with Crippen LogP contribution in [0.4, 0.5) is 0 Å². The molecule has 0 saturated carbocycles. The Morgan fingerprint density at radius 3 is 2.37 bits per heavy atom. The Kier molecular flexibility index (Phi) is 10.1. The first-order valence-electron chi connectivity index (χ1n) is 10.9. The van der Waals surface area contributed by atoms with E-state index in [-0.39, 0.29) is 12.4 Å². The Morgan fingerprint density at radius 2 is 1.69 bits per heavy atom. The van der Waals surface area contributed by atoms with E-state index in [1.165, 1.54) is 6.21 Å². The maximum Gasteiger partial charge on any atom is 0.343 e. The first-order valence-corrected chi connectivity index (χ1v) is 12.1. The molecule has 0 heterocycles. The van der Waals surface area contributed by atoms with Gasteiger partial charge < -0.3 is 14.2 Å². The highest BCUT2D eigenvalue weighted by atomic mass is 79.9. The maximum absolute atomic E-state index is 12.4. The van der Waals surface area contributed by atoms with Gasteiger partial charge in [-0.25, -0.2) is 10.2 Å². The number of hydrazone groups is 1. The summed E-state index contributed by atoms with van der Waals surface area (Å²) < 4.78 is 17.3. The lowest BCUT2D eigenvalue weighted by molar-refractivity contribution is -0.123. The molecule has 3 aromatic carbocycles. The minimum atomic E-state index is -0.544. The van der Waals surface area contributed by atoms with Gasteiger partial charge in [-0.05, 0) is 73.2 Å². The molecule has 0 aliphatic heterocycles. The number of carbonyl (C=O) groups is 2. The van der Waals surface area contributed by atoms with Gasteiger partial charge in [-0.15, -0.1) is 0 Å². The Bertz CT molecular complexity index is 1170. The fourth-order valence-corrected chi connectivity index (χ4v) is 3.28. The maximum atomic E-state index is 12.4. The highest BCUT2D eigenvalue weighted by molar-refractivity contribution is 9.10. The lowest BCUT2D eigenvalue weighted by atomic mass is 10.2. The number of nitrogens with zero attached hydrogens (tertiary/aromatic N) is 1. The van der Waals surface area contributed by atoms with E-state index in [0.717, 1.165) is 23.1 Å². The first-order chi connectivity index (χ1) is 16.9. The number of hydrogen-bond acceptors (Lipinski definition) is 6. The summed E-state index contributed by atoms with van der Waals surface area (Å²) in [5.74, 6) is 0.581. The molecule has 1 N–H and O–H groups in total. The number of esters is 1. The summed E-state index contributed by atoms with van der Waals surface area (Å²) in [6.07, 6.45) is 3.44. The van der Waals surface area contributed by atoms with Gasteiger partial charge in [-0.1, -0.05) is 40.9 Å². The molecule has 0 fully saturated rings. The molecular weight excluding hydrogens is 536 g/mol. The standard InChI is InChI=1S/C26H24BrClN2O5/c1-2-3-14-33-22-9-11-23(12-10-22)34-17-25(31)30-29-16-19-15-20(27)6-13-24(19)35-26(32)18-4-7-21(28)8-5-18/h4-13,15-16H,2-3,14,17H2,1H3,(H,30,31). The molecule has 7 nitrogen and oxygen atoms in total. The van der Waals surface area contributed by atoms with Gasteiger partial charge >= 0.3 is 5.97 Å². The summed E-state index contributed by atoms with van der Waals surface area (Å²) in [6.45, 7) is 2.55. The summed E-state index contributed by atoms with van der Waals surface area (Å²) in [7, 11) is 0. The molecular formula is C26H24BrClN2O5. The van der Waals surface area contributed by atoms with Gasteiger partial charge in [0.05, 0.1) is 18.4 Å². The summed E-state index contributed by atoms with van der Waals surface area (Å²) in [5, 5.41) is 4.47. The number of rotatable bonds is 11. The minimum Gasteiger partial charge on any atom is -0.494 e. The lowest BCUT2D eigenvalue weighted by Gasteiger charge is -2.09. The van der Waals surface area contributed by atoms with E-state index < -0.39 is 11.9 Å². The van der Waals surface area contributed by atoms with Crippen LogP contribution in [-0.4, -0.2) is 31.3 Å². The topological polar surface area (TPSA) is 86.2 Å². The number of halogens is 2. The van der Waals surface area contributed by atoms with Crippen LogP contribution in [0.15, 0.2) is 76.3 Å². The molecule has 0 saturated heterocycles. The third kappa shape index (κ3) is 8.73. The molecule has 0 bridgehead atoms. The van der Waals surface area contributed by atoms with Crippen molar-refractivity contribution in [2.45, 2.75) is 19.8 Å². The number of unbranched alkanes of at least 4 members (excludes halogenated alkanes) is 1. The van der Waals surface area contributed by atoms with Crippen molar-refractivity contribution in [3.63, 3.8) is 0 Å². The lowest BCUT2D eigenvalue weighted by Crippen LogP contribution is -2.24. The predicted octanol–water partition coefficient (Wildman–Crippen LogP) is 6.03. The van der Waals surface area contributed by atoms with Crippen molar-refractivity contribution in [1.29, 1.82) is 0 Å². The first kappa shape index (κ1) is 26.2. The fourth-order valence-electron chi connectivity index (χ4n) is 2.78. The third-order valence-corrected chi connectivity index (χ3v) is 5.35. The fraction of sp³-hybridized carbons (Fsp3) is 0.192. The van der Waals surface area contributed by atoms with E-state index in [9.17, 15) is 9.59 Å². The Labute approximate surface area is 217 Å². The van der Waals surface area contributed by atoms with Crippen molar-refractivity contribution in [1.82, 2.24) is 5.43 Å². The molecule has 3 aromatic rings. The molecule has 0 atom stereocenters. The van der Waals surface area contributed by atoms with E-state index in [2.05, 4.69) is 33.4 Å². The van der Waals surface area contributed by atoms with Crippen molar-refractivity contribution >= 4 is 45.6 Å². The number of carbonyl (C=O) groups excluding carboxylic acids is 2. The van der Waals surface area contributed by atoms with Gasteiger partial charge in [0.15, 0.2) is 6.61 Å². The monoisotopic (exact) mass is 558 g/mol. The van der Waals surface area contributed by atoms with Crippen molar-refractivity contribution in [3.8, 4) is 17.2 Å². The number of amides is 1. The third-order valence-electron chi connectivity index (χ3n) is 4.61. The zero-order valence-corrected chi connectivity index (χ0v) is 21.3. The molecule has 1 amide bonds. The SMILES string of the molecule is CCCCOc1ccc(OCC(=O)NN=Cc2cc(Br)ccc2OC(=O)c2ccc(Cl)cc2)cc1. The van der Waals surface area contributed by atoms with Gasteiger partial charge in [0.25, 0.3) is 5.91 Å². The summed E-state index contributed by atoms with van der Waals surface area (Å²) in [4.78, 5) is 24.5. The number of ether oxygens (including phenoxy) is 3. The van der Waals surface area contributed by atoms with Crippen LogP contribution in [-0.2, 0) is 4.79 Å². The van der Waals surface area contributed by atoms with Crippen LogP contribution in [0.1, 0.15) is 35.7 Å². The van der Waals surface area contributed by atoms with E-state index in [4.69, 9.17) is 25.8 Å². The molecule has 0 aliphatic rings. The largest absolute Gasteiger partial charge is 0.494 e. The van der Waals surface area contributed by atoms with Crippen molar-refractivity contribution in [2.24, 2.45) is 5.10 Å². The zero-order valence-electron chi connectivity index (χ0n) is 19.0. The van der Waals surface area contributed by atoms with E-state index in [1.54, 1.807) is 66.7 Å². The van der Waals surface area contributed by atoms with Crippen LogP contribution in [0, 0.1) is 0 Å². The van der Waals surface area contributed by atoms with Crippen LogP contribution in [0.2, 0.25) is 5.02 Å². The second-order valence-corrected chi connectivity index (χ2v) is 8.69. The molecule has 0 spiro atoms. The summed E-state index contributed by atoms with van der Waals surface area (Å²) in [5.41, 5.74) is 3.24. The van der Waals surface area contributed by atoms with Gasteiger partial charge in [0.2, 0.25) is 0 Å². The van der Waals surface area contributed by atoms with Crippen LogP contribution < -0.4 is 19.6 Å².